The summed E-state index contributed by atoms with van der Waals surface area (Å²) in [5.74, 6) is 0. The number of sulfonamides is 1. The van der Waals surface area contributed by atoms with E-state index in [1.807, 2.05) is 6.07 Å². The first-order chi connectivity index (χ1) is 10.2. The summed E-state index contributed by atoms with van der Waals surface area (Å²) < 4.78 is 26.7. The van der Waals surface area contributed by atoms with Gasteiger partial charge in [-0.25, -0.2) is 8.42 Å². The van der Waals surface area contributed by atoms with Crippen molar-refractivity contribution in [1.82, 2.24) is 0 Å². The van der Waals surface area contributed by atoms with Crippen LogP contribution in [0.3, 0.4) is 0 Å². The van der Waals surface area contributed by atoms with E-state index < -0.39 is 10.0 Å². The lowest BCUT2D eigenvalue weighted by atomic mass is 10.3. The van der Waals surface area contributed by atoms with E-state index in [1.165, 1.54) is 4.31 Å². The Kier molecular flexibility index (Phi) is 4.81. The molecule has 0 fully saturated rings. The molecule has 0 amide bonds. The van der Waals surface area contributed by atoms with Gasteiger partial charge < -0.3 is 0 Å². The third kappa shape index (κ3) is 3.53. The van der Waals surface area contributed by atoms with Gasteiger partial charge >= 0.3 is 0 Å². The summed E-state index contributed by atoms with van der Waals surface area (Å²) >= 11 is 0. The van der Waals surface area contributed by atoms with Crippen LogP contribution in [0.25, 0.3) is 10.4 Å². The molecule has 108 valence electrons. The Morgan fingerprint density at radius 1 is 1.00 bits per heavy atom. The fourth-order valence-electron chi connectivity index (χ4n) is 1.88. The molecule has 0 aliphatic rings. The standard InChI is InChI=1S/C14H14N4O2S/c15-17-16-11-12-18(13-7-3-1-4-8-13)21(19,20)14-9-5-2-6-10-14/h1-10H,11-12H2. The Bertz CT molecular complexity index is 726. The van der Waals surface area contributed by atoms with Gasteiger partial charge in [0.2, 0.25) is 0 Å². The number of hydrogen-bond donors (Lipinski definition) is 0. The number of azide groups is 1. The van der Waals surface area contributed by atoms with Crippen molar-refractivity contribution in [1.29, 1.82) is 0 Å². The van der Waals surface area contributed by atoms with Gasteiger partial charge in [-0.3, -0.25) is 4.31 Å². The SMILES string of the molecule is [N-]=[N+]=NCCN(c1ccccc1)S(=O)(=O)c1ccccc1. The van der Waals surface area contributed by atoms with Gasteiger partial charge in [-0.15, -0.1) is 0 Å². The molecule has 6 nitrogen and oxygen atoms in total. The highest BCUT2D eigenvalue weighted by Crippen LogP contribution is 2.22. The zero-order valence-electron chi connectivity index (χ0n) is 11.2. The van der Waals surface area contributed by atoms with Crippen molar-refractivity contribution in [2.75, 3.05) is 17.4 Å². The first kappa shape index (κ1) is 14.9. The summed E-state index contributed by atoms with van der Waals surface area (Å²) in [5.41, 5.74) is 8.90. The molecule has 21 heavy (non-hydrogen) atoms. The second-order valence-electron chi connectivity index (χ2n) is 4.18. The van der Waals surface area contributed by atoms with Crippen LogP contribution in [0.4, 0.5) is 5.69 Å². The Morgan fingerprint density at radius 3 is 2.14 bits per heavy atom. The Balaban J connectivity index is 2.42. The monoisotopic (exact) mass is 302 g/mol. The van der Waals surface area contributed by atoms with Gasteiger partial charge in [0.15, 0.2) is 0 Å². The maximum Gasteiger partial charge on any atom is 0.264 e. The summed E-state index contributed by atoms with van der Waals surface area (Å²) in [6.45, 7) is 0.156. The highest BCUT2D eigenvalue weighted by atomic mass is 32.2. The third-order valence-corrected chi connectivity index (χ3v) is 4.68. The van der Waals surface area contributed by atoms with Crippen molar-refractivity contribution >= 4 is 15.7 Å². The highest BCUT2D eigenvalue weighted by molar-refractivity contribution is 7.92. The van der Waals surface area contributed by atoms with Gasteiger partial charge in [-0.1, -0.05) is 41.5 Å². The van der Waals surface area contributed by atoms with Gasteiger partial charge in [-0.05, 0) is 29.8 Å². The summed E-state index contributed by atoms with van der Waals surface area (Å²) in [6, 6.07) is 16.9. The molecule has 2 aromatic rings. The first-order valence-corrected chi connectivity index (χ1v) is 7.74. The maximum absolute atomic E-state index is 12.7. The Morgan fingerprint density at radius 2 is 1.57 bits per heavy atom. The molecule has 0 saturated carbocycles. The van der Waals surface area contributed by atoms with Crippen molar-refractivity contribution < 1.29 is 8.42 Å². The molecule has 0 bridgehead atoms. The van der Waals surface area contributed by atoms with E-state index in [1.54, 1.807) is 54.6 Å². The van der Waals surface area contributed by atoms with Crippen LogP contribution in [0.2, 0.25) is 0 Å². The molecule has 0 unspecified atom stereocenters. The van der Waals surface area contributed by atoms with E-state index in [0.717, 1.165) is 0 Å². The predicted molar refractivity (Wildman–Crippen MR) is 81.4 cm³/mol. The van der Waals surface area contributed by atoms with Crippen molar-refractivity contribution in [2.45, 2.75) is 4.90 Å². The molecule has 0 heterocycles. The second-order valence-corrected chi connectivity index (χ2v) is 6.04. The lowest BCUT2D eigenvalue weighted by molar-refractivity contribution is 0.591. The highest BCUT2D eigenvalue weighted by Gasteiger charge is 2.23. The lowest BCUT2D eigenvalue weighted by Crippen LogP contribution is -2.33. The lowest BCUT2D eigenvalue weighted by Gasteiger charge is -2.23. The van der Waals surface area contributed by atoms with Crippen molar-refractivity contribution in [2.24, 2.45) is 5.11 Å². The number of hydrogen-bond acceptors (Lipinski definition) is 3. The molecule has 0 aromatic heterocycles. The fraction of sp³-hybridized carbons (Fsp3) is 0.143. The number of anilines is 1. The molecule has 0 aliphatic carbocycles. The third-order valence-electron chi connectivity index (χ3n) is 2.84. The van der Waals surface area contributed by atoms with Crippen LogP contribution in [0.15, 0.2) is 70.7 Å². The molecular weight excluding hydrogens is 288 g/mol. The fourth-order valence-corrected chi connectivity index (χ4v) is 3.36. The number of benzene rings is 2. The molecule has 0 aliphatic heterocycles. The van der Waals surface area contributed by atoms with Gasteiger partial charge in [-0.2, -0.15) is 0 Å². The van der Waals surface area contributed by atoms with Crippen molar-refractivity contribution in [3.8, 4) is 0 Å². The van der Waals surface area contributed by atoms with Gasteiger partial charge in [0, 0.05) is 18.0 Å². The molecule has 0 atom stereocenters. The predicted octanol–water partition coefficient (Wildman–Crippen LogP) is 3.19. The molecule has 0 spiro atoms. The van der Waals surface area contributed by atoms with Gasteiger partial charge in [0.25, 0.3) is 10.0 Å². The van der Waals surface area contributed by atoms with Crippen LogP contribution in [-0.2, 0) is 10.0 Å². The Hall–Kier alpha value is -2.50. The number of rotatable bonds is 6. The molecule has 2 aromatic carbocycles. The summed E-state index contributed by atoms with van der Waals surface area (Å²) in [7, 11) is -3.68. The normalized spacial score (nSPS) is 10.7. The van der Waals surface area contributed by atoms with Crippen LogP contribution in [-0.4, -0.2) is 21.5 Å². The first-order valence-electron chi connectivity index (χ1n) is 6.30. The largest absolute Gasteiger partial charge is 0.266 e. The minimum Gasteiger partial charge on any atom is -0.266 e. The molecule has 0 N–H and O–H groups in total. The molecule has 2 rings (SSSR count). The molecule has 7 heteroatoms. The van der Waals surface area contributed by atoms with Crippen molar-refractivity contribution in [3.63, 3.8) is 0 Å². The summed E-state index contributed by atoms with van der Waals surface area (Å²) in [6.07, 6.45) is 0. The zero-order chi connectivity index (χ0) is 15.1. The quantitative estimate of drug-likeness (QED) is 0.466. The maximum atomic E-state index is 12.7. The van der Waals surface area contributed by atoms with E-state index >= 15 is 0 Å². The molecule has 0 saturated heterocycles. The van der Waals surface area contributed by atoms with Crippen LogP contribution in [0, 0.1) is 0 Å². The average Bonchev–Trinajstić information content (AvgIpc) is 2.53. The van der Waals surface area contributed by atoms with Crippen LogP contribution < -0.4 is 4.31 Å². The van der Waals surface area contributed by atoms with E-state index in [-0.39, 0.29) is 18.0 Å². The molecule has 0 radical (unpaired) electrons. The number of nitrogens with zero attached hydrogens (tertiary/aromatic N) is 4. The Labute approximate surface area is 123 Å². The van der Waals surface area contributed by atoms with Gasteiger partial charge in [0.05, 0.1) is 10.6 Å². The van der Waals surface area contributed by atoms with E-state index in [9.17, 15) is 8.42 Å². The average molecular weight is 302 g/mol. The summed E-state index contributed by atoms with van der Waals surface area (Å²) in [4.78, 5) is 2.86. The minimum atomic E-state index is -3.68. The van der Waals surface area contributed by atoms with Crippen molar-refractivity contribution in [3.05, 3.63) is 71.1 Å². The van der Waals surface area contributed by atoms with Crippen LogP contribution >= 0.6 is 0 Å². The minimum absolute atomic E-state index is 0.0669. The molecular formula is C14H14N4O2S. The van der Waals surface area contributed by atoms with Crippen LogP contribution in [0.5, 0.6) is 0 Å². The zero-order valence-corrected chi connectivity index (χ0v) is 12.0. The smallest absolute Gasteiger partial charge is 0.264 e. The van der Waals surface area contributed by atoms with E-state index in [2.05, 4.69) is 10.0 Å². The second kappa shape index (κ2) is 6.78. The topological polar surface area (TPSA) is 86.1 Å². The van der Waals surface area contributed by atoms with E-state index in [4.69, 9.17) is 5.53 Å². The van der Waals surface area contributed by atoms with E-state index in [0.29, 0.717) is 5.69 Å². The van der Waals surface area contributed by atoms with Crippen LogP contribution in [0.1, 0.15) is 0 Å². The van der Waals surface area contributed by atoms with Gasteiger partial charge in [0.1, 0.15) is 0 Å². The number of para-hydroxylation sites is 1. The summed E-state index contributed by atoms with van der Waals surface area (Å²) in [5, 5.41) is 3.42.